The van der Waals surface area contributed by atoms with Gasteiger partial charge in [0.25, 0.3) is 0 Å². The molecular formula is C18H30N2O. The van der Waals surface area contributed by atoms with E-state index in [2.05, 4.69) is 45.0 Å². The number of nitrogens with zero attached hydrogens (tertiary/aromatic N) is 1. The molecule has 0 radical (unpaired) electrons. The first kappa shape index (κ1) is 17.7. The molecule has 0 aliphatic carbocycles. The summed E-state index contributed by atoms with van der Waals surface area (Å²) in [5.41, 5.74) is 8.15. The molecule has 0 aliphatic rings. The van der Waals surface area contributed by atoms with Gasteiger partial charge in [-0.2, -0.15) is 0 Å². The Morgan fingerprint density at radius 1 is 1.24 bits per heavy atom. The topological polar surface area (TPSA) is 46.3 Å². The summed E-state index contributed by atoms with van der Waals surface area (Å²) in [4.78, 5) is 14.1. The molecule has 0 fully saturated rings. The van der Waals surface area contributed by atoms with Crippen molar-refractivity contribution in [3.05, 3.63) is 35.4 Å². The molecule has 21 heavy (non-hydrogen) atoms. The molecule has 0 aliphatic heterocycles. The van der Waals surface area contributed by atoms with E-state index in [1.807, 2.05) is 18.9 Å². The van der Waals surface area contributed by atoms with Gasteiger partial charge in [-0.25, -0.2) is 0 Å². The van der Waals surface area contributed by atoms with Gasteiger partial charge in [0.15, 0.2) is 0 Å². The molecule has 1 atom stereocenters. The van der Waals surface area contributed by atoms with Crippen LogP contribution in [0.15, 0.2) is 24.3 Å². The SMILES string of the molecule is CC(CCCN)C(=O)N(C)Cc1ccc(C(C)(C)C)cc1. The number of carbonyl (C=O) groups is 1. The van der Waals surface area contributed by atoms with Crippen LogP contribution in [-0.4, -0.2) is 24.4 Å². The molecule has 0 bridgehead atoms. The first-order valence-electron chi connectivity index (χ1n) is 7.80. The van der Waals surface area contributed by atoms with E-state index < -0.39 is 0 Å². The summed E-state index contributed by atoms with van der Waals surface area (Å²) in [5, 5.41) is 0. The summed E-state index contributed by atoms with van der Waals surface area (Å²) in [6, 6.07) is 8.56. The van der Waals surface area contributed by atoms with Crippen molar-refractivity contribution in [2.45, 2.75) is 52.5 Å². The third-order valence-electron chi connectivity index (χ3n) is 3.88. The number of hydrogen-bond donors (Lipinski definition) is 1. The molecule has 3 nitrogen and oxygen atoms in total. The number of benzene rings is 1. The van der Waals surface area contributed by atoms with Crippen LogP contribution >= 0.6 is 0 Å². The van der Waals surface area contributed by atoms with Gasteiger partial charge in [-0.1, -0.05) is 52.0 Å². The normalized spacial score (nSPS) is 13.0. The van der Waals surface area contributed by atoms with Crippen LogP contribution in [0.4, 0.5) is 0 Å². The van der Waals surface area contributed by atoms with Crippen LogP contribution in [0.5, 0.6) is 0 Å². The van der Waals surface area contributed by atoms with Gasteiger partial charge in [-0.15, -0.1) is 0 Å². The minimum absolute atomic E-state index is 0.0485. The monoisotopic (exact) mass is 290 g/mol. The van der Waals surface area contributed by atoms with Gasteiger partial charge < -0.3 is 10.6 Å². The second-order valence-corrected chi connectivity index (χ2v) is 6.97. The Bertz CT molecular complexity index is 445. The summed E-state index contributed by atoms with van der Waals surface area (Å²) in [7, 11) is 1.87. The summed E-state index contributed by atoms with van der Waals surface area (Å²) in [6.07, 6.45) is 1.77. The minimum Gasteiger partial charge on any atom is -0.341 e. The second kappa shape index (κ2) is 7.60. The van der Waals surface area contributed by atoms with E-state index >= 15 is 0 Å². The van der Waals surface area contributed by atoms with Crippen LogP contribution in [0.25, 0.3) is 0 Å². The molecule has 3 heteroatoms. The van der Waals surface area contributed by atoms with Crippen LogP contribution < -0.4 is 5.73 Å². The first-order chi connectivity index (χ1) is 9.75. The fourth-order valence-electron chi connectivity index (χ4n) is 2.39. The highest BCUT2D eigenvalue weighted by molar-refractivity contribution is 5.78. The lowest BCUT2D eigenvalue weighted by Gasteiger charge is -2.23. The zero-order valence-electron chi connectivity index (χ0n) is 14.1. The number of amides is 1. The zero-order valence-corrected chi connectivity index (χ0v) is 14.1. The Morgan fingerprint density at radius 2 is 1.81 bits per heavy atom. The molecule has 1 unspecified atom stereocenters. The number of carbonyl (C=O) groups excluding carboxylic acids is 1. The molecule has 2 N–H and O–H groups in total. The molecule has 1 rings (SSSR count). The Morgan fingerprint density at radius 3 is 2.29 bits per heavy atom. The maximum absolute atomic E-state index is 12.3. The van der Waals surface area contributed by atoms with Gasteiger partial charge in [0.05, 0.1) is 0 Å². The van der Waals surface area contributed by atoms with Crippen molar-refractivity contribution in [1.29, 1.82) is 0 Å². The van der Waals surface area contributed by atoms with Gasteiger partial charge in [-0.3, -0.25) is 4.79 Å². The first-order valence-corrected chi connectivity index (χ1v) is 7.80. The maximum atomic E-state index is 12.3. The van der Waals surface area contributed by atoms with Crippen molar-refractivity contribution >= 4 is 5.91 Å². The predicted octanol–water partition coefficient (Wildman–Crippen LogP) is 3.32. The minimum atomic E-state index is 0.0485. The number of hydrogen-bond acceptors (Lipinski definition) is 2. The van der Waals surface area contributed by atoms with Crippen molar-refractivity contribution < 1.29 is 4.79 Å². The number of rotatable bonds is 6. The van der Waals surface area contributed by atoms with Crippen molar-refractivity contribution in [3.8, 4) is 0 Å². The molecular weight excluding hydrogens is 260 g/mol. The van der Waals surface area contributed by atoms with Crippen molar-refractivity contribution in [1.82, 2.24) is 4.90 Å². The van der Waals surface area contributed by atoms with Gasteiger partial charge in [0.2, 0.25) is 5.91 Å². The summed E-state index contributed by atoms with van der Waals surface area (Å²) in [5.74, 6) is 0.246. The molecule has 0 saturated carbocycles. The molecule has 0 saturated heterocycles. The Balaban J connectivity index is 2.62. The Hall–Kier alpha value is -1.35. The lowest BCUT2D eigenvalue weighted by Crippen LogP contribution is -2.31. The molecule has 0 spiro atoms. The van der Waals surface area contributed by atoms with E-state index in [1.165, 1.54) is 11.1 Å². The Labute approximate surface area is 129 Å². The van der Waals surface area contributed by atoms with Crippen LogP contribution in [0, 0.1) is 5.92 Å². The maximum Gasteiger partial charge on any atom is 0.225 e. The fourth-order valence-corrected chi connectivity index (χ4v) is 2.39. The Kier molecular flexibility index (Phi) is 6.41. The highest BCUT2D eigenvalue weighted by Gasteiger charge is 2.17. The van der Waals surface area contributed by atoms with Crippen LogP contribution in [0.1, 0.15) is 51.7 Å². The standard InChI is InChI=1S/C18H30N2O/c1-14(7-6-12-19)17(21)20(5)13-15-8-10-16(11-9-15)18(2,3)4/h8-11,14H,6-7,12-13,19H2,1-5H3. The van der Waals surface area contributed by atoms with E-state index in [0.717, 1.165) is 12.8 Å². The largest absolute Gasteiger partial charge is 0.341 e. The molecule has 1 aromatic rings. The van der Waals surface area contributed by atoms with Crippen LogP contribution in [0.2, 0.25) is 0 Å². The van der Waals surface area contributed by atoms with Gasteiger partial charge in [0.1, 0.15) is 0 Å². The molecule has 118 valence electrons. The molecule has 0 aromatic heterocycles. The average Bonchev–Trinajstić information content (AvgIpc) is 2.43. The molecule has 1 amide bonds. The summed E-state index contributed by atoms with van der Waals surface area (Å²) < 4.78 is 0. The van der Waals surface area contributed by atoms with Crippen molar-refractivity contribution in [2.24, 2.45) is 11.7 Å². The van der Waals surface area contributed by atoms with Crippen molar-refractivity contribution in [3.63, 3.8) is 0 Å². The van der Waals surface area contributed by atoms with E-state index in [0.29, 0.717) is 13.1 Å². The van der Waals surface area contributed by atoms with Gasteiger partial charge >= 0.3 is 0 Å². The van der Waals surface area contributed by atoms with E-state index in [9.17, 15) is 4.79 Å². The van der Waals surface area contributed by atoms with Crippen molar-refractivity contribution in [2.75, 3.05) is 13.6 Å². The van der Waals surface area contributed by atoms with Gasteiger partial charge in [0, 0.05) is 19.5 Å². The fraction of sp³-hybridized carbons (Fsp3) is 0.611. The highest BCUT2D eigenvalue weighted by atomic mass is 16.2. The smallest absolute Gasteiger partial charge is 0.225 e. The number of nitrogens with two attached hydrogens (primary N) is 1. The zero-order chi connectivity index (χ0) is 16.0. The van der Waals surface area contributed by atoms with E-state index in [4.69, 9.17) is 5.73 Å². The van der Waals surface area contributed by atoms with E-state index in [-0.39, 0.29) is 17.2 Å². The lowest BCUT2D eigenvalue weighted by atomic mass is 9.87. The third kappa shape index (κ3) is 5.50. The predicted molar refractivity (Wildman–Crippen MR) is 89.1 cm³/mol. The van der Waals surface area contributed by atoms with E-state index in [1.54, 1.807) is 0 Å². The lowest BCUT2D eigenvalue weighted by molar-refractivity contribution is -0.134. The summed E-state index contributed by atoms with van der Waals surface area (Å²) in [6.45, 7) is 9.91. The molecule has 0 heterocycles. The second-order valence-electron chi connectivity index (χ2n) is 6.97. The summed E-state index contributed by atoms with van der Waals surface area (Å²) >= 11 is 0. The van der Waals surface area contributed by atoms with Crippen LogP contribution in [0.3, 0.4) is 0 Å². The molecule has 1 aromatic carbocycles. The van der Waals surface area contributed by atoms with Crippen LogP contribution in [-0.2, 0) is 16.8 Å². The highest BCUT2D eigenvalue weighted by Crippen LogP contribution is 2.22. The third-order valence-corrected chi connectivity index (χ3v) is 3.88. The van der Waals surface area contributed by atoms with Gasteiger partial charge in [-0.05, 0) is 35.9 Å². The quantitative estimate of drug-likeness (QED) is 0.873. The average molecular weight is 290 g/mol.